The van der Waals surface area contributed by atoms with Crippen LogP contribution < -0.4 is 15.8 Å². The van der Waals surface area contributed by atoms with E-state index in [1.54, 1.807) is 24.3 Å². The van der Waals surface area contributed by atoms with Crippen molar-refractivity contribution < 1.29 is 9.53 Å². The van der Waals surface area contributed by atoms with Gasteiger partial charge < -0.3 is 15.8 Å². The van der Waals surface area contributed by atoms with Crippen molar-refractivity contribution in [2.45, 2.75) is 0 Å². The number of benzene rings is 2. The van der Waals surface area contributed by atoms with Gasteiger partial charge in [-0.1, -0.05) is 28.1 Å². The highest BCUT2D eigenvalue weighted by atomic mass is 79.9. The van der Waals surface area contributed by atoms with Crippen LogP contribution in [0.4, 0.5) is 11.4 Å². The molecule has 2 aromatic rings. The molecule has 0 aliphatic heterocycles. The second kappa shape index (κ2) is 6.76. The quantitative estimate of drug-likeness (QED) is 0.768. The Balaban J connectivity index is 1.94. The number of halogens is 2. The van der Waals surface area contributed by atoms with Crippen LogP contribution in [0.25, 0.3) is 0 Å². The molecule has 6 heteroatoms. The van der Waals surface area contributed by atoms with Crippen molar-refractivity contribution in [2.75, 3.05) is 17.7 Å². The van der Waals surface area contributed by atoms with Gasteiger partial charge in [0.2, 0.25) is 0 Å². The van der Waals surface area contributed by atoms with Gasteiger partial charge in [0, 0.05) is 8.95 Å². The van der Waals surface area contributed by atoms with Gasteiger partial charge in [0.1, 0.15) is 5.75 Å². The molecule has 4 nitrogen and oxygen atoms in total. The fourth-order valence-corrected chi connectivity index (χ4v) is 2.31. The molecular formula is C14H12Br2N2O2. The number of carbonyl (C=O) groups is 1. The van der Waals surface area contributed by atoms with Crippen LogP contribution in [0.15, 0.2) is 51.4 Å². The summed E-state index contributed by atoms with van der Waals surface area (Å²) in [6, 6.07) is 12.6. The molecule has 1 amide bonds. The zero-order valence-corrected chi connectivity index (χ0v) is 13.6. The van der Waals surface area contributed by atoms with Crippen molar-refractivity contribution in [3.63, 3.8) is 0 Å². The topological polar surface area (TPSA) is 64.3 Å². The molecule has 0 aliphatic carbocycles. The average molecular weight is 400 g/mol. The first kappa shape index (κ1) is 14.9. The van der Waals surface area contributed by atoms with E-state index in [1.807, 2.05) is 18.2 Å². The lowest BCUT2D eigenvalue weighted by atomic mass is 10.3. The van der Waals surface area contributed by atoms with Crippen LogP contribution >= 0.6 is 31.9 Å². The van der Waals surface area contributed by atoms with E-state index in [9.17, 15) is 4.79 Å². The molecular weight excluding hydrogens is 388 g/mol. The second-order valence-corrected chi connectivity index (χ2v) is 5.77. The number of anilines is 2. The van der Waals surface area contributed by atoms with Gasteiger partial charge in [0.15, 0.2) is 6.61 Å². The minimum Gasteiger partial charge on any atom is -0.482 e. The number of nitrogens with two attached hydrogens (primary N) is 1. The Morgan fingerprint density at radius 1 is 1.20 bits per heavy atom. The molecule has 0 atom stereocenters. The summed E-state index contributed by atoms with van der Waals surface area (Å²) in [5.41, 5.74) is 6.97. The summed E-state index contributed by atoms with van der Waals surface area (Å²) in [5.74, 6) is 0.231. The summed E-state index contributed by atoms with van der Waals surface area (Å²) in [6.45, 7) is -0.104. The number of nitrogen functional groups attached to an aromatic ring is 1. The van der Waals surface area contributed by atoms with E-state index in [1.165, 1.54) is 0 Å². The molecule has 0 aromatic heterocycles. The number of amides is 1. The average Bonchev–Trinajstić information content (AvgIpc) is 2.40. The number of nitrogens with one attached hydrogen (secondary N) is 1. The summed E-state index contributed by atoms with van der Waals surface area (Å²) in [7, 11) is 0. The Morgan fingerprint density at radius 2 is 1.95 bits per heavy atom. The number of hydrogen-bond acceptors (Lipinski definition) is 3. The number of carbonyl (C=O) groups excluding carboxylic acids is 1. The molecule has 0 bridgehead atoms. The zero-order valence-electron chi connectivity index (χ0n) is 10.4. The van der Waals surface area contributed by atoms with Gasteiger partial charge in [-0.3, -0.25) is 4.79 Å². The van der Waals surface area contributed by atoms with Gasteiger partial charge in [0.25, 0.3) is 5.91 Å². The fourth-order valence-electron chi connectivity index (χ4n) is 1.54. The first-order valence-corrected chi connectivity index (χ1v) is 7.37. The SMILES string of the molecule is Nc1cc(Br)ccc1OCC(=O)Nc1ccccc1Br. The van der Waals surface area contributed by atoms with Crippen LogP contribution in [0.1, 0.15) is 0 Å². The van der Waals surface area contributed by atoms with E-state index >= 15 is 0 Å². The zero-order chi connectivity index (χ0) is 14.5. The number of ether oxygens (including phenoxy) is 1. The van der Waals surface area contributed by atoms with Gasteiger partial charge in [-0.05, 0) is 46.3 Å². The summed E-state index contributed by atoms with van der Waals surface area (Å²) < 4.78 is 7.07. The van der Waals surface area contributed by atoms with Crippen molar-refractivity contribution >= 4 is 49.1 Å². The minimum atomic E-state index is -0.251. The smallest absolute Gasteiger partial charge is 0.262 e. The summed E-state index contributed by atoms with van der Waals surface area (Å²) in [4.78, 5) is 11.8. The Hall–Kier alpha value is -1.53. The molecule has 104 valence electrons. The van der Waals surface area contributed by atoms with E-state index < -0.39 is 0 Å². The minimum absolute atomic E-state index is 0.104. The molecule has 0 radical (unpaired) electrons. The Kier molecular flexibility index (Phi) is 5.03. The first-order chi connectivity index (χ1) is 9.56. The Bertz CT molecular complexity index is 632. The second-order valence-electron chi connectivity index (χ2n) is 4.00. The van der Waals surface area contributed by atoms with E-state index in [0.717, 1.165) is 8.95 Å². The number of rotatable bonds is 4. The predicted octanol–water partition coefficient (Wildman–Crippen LogP) is 3.81. The maximum absolute atomic E-state index is 11.8. The summed E-state index contributed by atoms with van der Waals surface area (Å²) in [6.07, 6.45) is 0. The number of para-hydroxylation sites is 1. The molecule has 0 spiro atoms. The van der Waals surface area contributed by atoms with Crippen molar-refractivity contribution in [3.8, 4) is 5.75 Å². The van der Waals surface area contributed by atoms with Gasteiger partial charge in [0.05, 0.1) is 11.4 Å². The van der Waals surface area contributed by atoms with E-state index in [2.05, 4.69) is 37.2 Å². The summed E-state index contributed by atoms with van der Waals surface area (Å²) >= 11 is 6.67. The van der Waals surface area contributed by atoms with Crippen molar-refractivity contribution in [1.29, 1.82) is 0 Å². The molecule has 0 saturated heterocycles. The normalized spacial score (nSPS) is 10.1. The largest absolute Gasteiger partial charge is 0.482 e. The van der Waals surface area contributed by atoms with Gasteiger partial charge in [-0.2, -0.15) is 0 Å². The molecule has 0 aliphatic rings. The molecule has 20 heavy (non-hydrogen) atoms. The molecule has 0 fully saturated rings. The Labute approximate surface area is 133 Å². The third kappa shape index (κ3) is 3.98. The van der Waals surface area contributed by atoms with Gasteiger partial charge in [-0.25, -0.2) is 0 Å². The van der Waals surface area contributed by atoms with Crippen molar-refractivity contribution in [2.24, 2.45) is 0 Å². The third-order valence-electron chi connectivity index (χ3n) is 2.48. The van der Waals surface area contributed by atoms with Crippen LogP contribution in [0.3, 0.4) is 0 Å². The molecule has 3 N–H and O–H groups in total. The van der Waals surface area contributed by atoms with E-state index in [-0.39, 0.29) is 12.5 Å². The fraction of sp³-hybridized carbons (Fsp3) is 0.0714. The Morgan fingerprint density at radius 3 is 2.65 bits per heavy atom. The van der Waals surface area contributed by atoms with E-state index in [4.69, 9.17) is 10.5 Å². The monoisotopic (exact) mass is 398 g/mol. The van der Waals surface area contributed by atoms with Gasteiger partial charge >= 0.3 is 0 Å². The molecule has 0 heterocycles. The summed E-state index contributed by atoms with van der Waals surface area (Å²) in [5, 5.41) is 2.75. The lowest BCUT2D eigenvalue weighted by Crippen LogP contribution is -2.20. The van der Waals surface area contributed by atoms with Crippen molar-refractivity contribution in [3.05, 3.63) is 51.4 Å². The van der Waals surface area contributed by atoms with E-state index in [0.29, 0.717) is 17.1 Å². The van der Waals surface area contributed by atoms with Crippen LogP contribution in [0.2, 0.25) is 0 Å². The molecule has 2 rings (SSSR count). The molecule has 2 aromatic carbocycles. The first-order valence-electron chi connectivity index (χ1n) is 5.78. The van der Waals surface area contributed by atoms with Crippen LogP contribution in [0, 0.1) is 0 Å². The maximum Gasteiger partial charge on any atom is 0.262 e. The molecule has 0 saturated carbocycles. The maximum atomic E-state index is 11.8. The van der Waals surface area contributed by atoms with Crippen LogP contribution in [-0.4, -0.2) is 12.5 Å². The highest BCUT2D eigenvalue weighted by Crippen LogP contribution is 2.25. The van der Waals surface area contributed by atoms with Crippen LogP contribution in [0.5, 0.6) is 5.75 Å². The lowest BCUT2D eigenvalue weighted by molar-refractivity contribution is -0.118. The van der Waals surface area contributed by atoms with Gasteiger partial charge in [-0.15, -0.1) is 0 Å². The number of hydrogen-bond donors (Lipinski definition) is 2. The van der Waals surface area contributed by atoms with Crippen LogP contribution in [-0.2, 0) is 4.79 Å². The lowest BCUT2D eigenvalue weighted by Gasteiger charge is -2.10. The standard InChI is InChI=1S/C14H12Br2N2O2/c15-9-5-6-13(11(17)7-9)20-8-14(19)18-12-4-2-1-3-10(12)16/h1-7H,8,17H2,(H,18,19). The molecule has 0 unspecified atom stereocenters. The highest BCUT2D eigenvalue weighted by molar-refractivity contribution is 9.10. The predicted molar refractivity (Wildman–Crippen MR) is 86.8 cm³/mol. The van der Waals surface area contributed by atoms with Crippen molar-refractivity contribution in [1.82, 2.24) is 0 Å². The third-order valence-corrected chi connectivity index (χ3v) is 3.66. The highest BCUT2D eigenvalue weighted by Gasteiger charge is 2.07.